The molecule has 154 valence electrons. The van der Waals surface area contributed by atoms with Gasteiger partial charge in [0, 0.05) is 12.5 Å². The van der Waals surface area contributed by atoms with Crippen LogP contribution in [0.2, 0.25) is 0 Å². The zero-order chi connectivity index (χ0) is 21.3. The molecule has 3 aromatic rings. The Bertz CT molecular complexity index is 1250. The van der Waals surface area contributed by atoms with Gasteiger partial charge in [0.25, 0.3) is 5.91 Å². The second-order valence-corrected chi connectivity index (χ2v) is 8.94. The third-order valence-electron chi connectivity index (χ3n) is 5.02. The predicted molar refractivity (Wildman–Crippen MR) is 114 cm³/mol. The minimum atomic E-state index is -3.82. The molecular formula is C22H21N3O4S. The lowest BCUT2D eigenvalue weighted by Gasteiger charge is -2.13. The fraction of sp³-hybridized carbons (Fsp3) is 0.182. The van der Waals surface area contributed by atoms with Crippen molar-refractivity contribution in [3.8, 4) is 0 Å². The van der Waals surface area contributed by atoms with Crippen LogP contribution >= 0.6 is 0 Å². The molecule has 3 aromatic carbocycles. The topological polar surface area (TPSA) is 118 Å². The van der Waals surface area contributed by atoms with E-state index in [4.69, 9.17) is 5.14 Å². The van der Waals surface area contributed by atoms with Gasteiger partial charge in [0.1, 0.15) is 0 Å². The van der Waals surface area contributed by atoms with Gasteiger partial charge >= 0.3 is 0 Å². The Morgan fingerprint density at radius 2 is 1.67 bits per heavy atom. The minimum absolute atomic E-state index is 0.00772. The van der Waals surface area contributed by atoms with Crippen molar-refractivity contribution in [3.63, 3.8) is 0 Å². The molecule has 1 aliphatic rings. The van der Waals surface area contributed by atoms with Crippen molar-refractivity contribution in [3.05, 3.63) is 71.8 Å². The molecule has 0 heterocycles. The maximum absolute atomic E-state index is 12.9. The van der Waals surface area contributed by atoms with Crippen molar-refractivity contribution in [1.82, 2.24) is 5.32 Å². The summed E-state index contributed by atoms with van der Waals surface area (Å²) in [5.74, 6) is -0.443. The fourth-order valence-corrected chi connectivity index (χ4v) is 3.81. The molecule has 30 heavy (non-hydrogen) atoms. The molecule has 4 rings (SSSR count). The fourth-order valence-electron chi connectivity index (χ4n) is 3.22. The van der Waals surface area contributed by atoms with Crippen LogP contribution in [-0.4, -0.2) is 20.2 Å². The van der Waals surface area contributed by atoms with Gasteiger partial charge in [-0.05, 0) is 53.4 Å². The van der Waals surface area contributed by atoms with E-state index in [0.29, 0.717) is 16.8 Å². The number of fused-ring (bicyclic) bond motifs is 1. The second kappa shape index (κ2) is 7.89. The van der Waals surface area contributed by atoms with Crippen molar-refractivity contribution in [1.29, 1.82) is 0 Å². The molecular weight excluding hydrogens is 402 g/mol. The van der Waals surface area contributed by atoms with E-state index in [1.54, 1.807) is 24.3 Å². The number of hydrogen-bond acceptors (Lipinski definition) is 4. The maximum atomic E-state index is 12.9. The standard InChI is InChI=1S/C22H21N3O4S/c23-30(28,29)18-7-3-4-14(10-18)13-24-22(27)19-11-16-5-1-2-6-17(16)12-20(19)25-21(26)15-8-9-15/h1-7,10-12,15H,8-9,13H2,(H,24,27)(H,25,26)(H2,23,28,29). The molecule has 0 saturated heterocycles. The summed E-state index contributed by atoms with van der Waals surface area (Å²) in [6.45, 7) is 0.116. The van der Waals surface area contributed by atoms with Crippen molar-refractivity contribution in [2.75, 3.05) is 5.32 Å². The lowest BCUT2D eigenvalue weighted by Crippen LogP contribution is -2.25. The van der Waals surface area contributed by atoms with Gasteiger partial charge in [-0.3, -0.25) is 9.59 Å². The summed E-state index contributed by atoms with van der Waals surface area (Å²) in [6.07, 6.45) is 1.72. The summed E-state index contributed by atoms with van der Waals surface area (Å²) in [4.78, 5) is 25.2. The zero-order valence-electron chi connectivity index (χ0n) is 16.1. The number of nitrogens with one attached hydrogen (secondary N) is 2. The Balaban J connectivity index is 1.59. The number of sulfonamides is 1. The van der Waals surface area contributed by atoms with E-state index in [1.165, 1.54) is 12.1 Å². The van der Waals surface area contributed by atoms with E-state index >= 15 is 0 Å². The van der Waals surface area contributed by atoms with Gasteiger partial charge in [-0.1, -0.05) is 36.4 Å². The monoisotopic (exact) mass is 423 g/mol. The van der Waals surface area contributed by atoms with Gasteiger partial charge < -0.3 is 10.6 Å². The summed E-state index contributed by atoms with van der Waals surface area (Å²) in [6, 6.07) is 17.2. The first-order valence-corrected chi connectivity index (χ1v) is 11.1. The van der Waals surface area contributed by atoms with Crippen LogP contribution in [0.25, 0.3) is 10.8 Å². The Morgan fingerprint density at radius 1 is 0.967 bits per heavy atom. The molecule has 1 aliphatic carbocycles. The molecule has 2 amide bonds. The first-order chi connectivity index (χ1) is 14.3. The summed E-state index contributed by atoms with van der Waals surface area (Å²) < 4.78 is 23.1. The van der Waals surface area contributed by atoms with Crippen LogP contribution in [0.15, 0.2) is 65.6 Å². The van der Waals surface area contributed by atoms with Crippen molar-refractivity contribution in [2.45, 2.75) is 24.3 Å². The van der Waals surface area contributed by atoms with Crippen LogP contribution in [0, 0.1) is 5.92 Å². The number of hydrogen-bond donors (Lipinski definition) is 3. The highest BCUT2D eigenvalue weighted by molar-refractivity contribution is 7.89. The maximum Gasteiger partial charge on any atom is 0.253 e. The average Bonchev–Trinajstić information content (AvgIpc) is 3.56. The quantitative estimate of drug-likeness (QED) is 0.565. The highest BCUT2D eigenvalue weighted by Crippen LogP contribution is 2.32. The molecule has 0 unspecified atom stereocenters. The molecule has 0 aromatic heterocycles. The van der Waals surface area contributed by atoms with Gasteiger partial charge in [0.05, 0.1) is 16.1 Å². The number of anilines is 1. The van der Waals surface area contributed by atoms with Crippen molar-refractivity contribution in [2.24, 2.45) is 11.1 Å². The molecule has 0 atom stereocenters. The summed E-state index contributed by atoms with van der Waals surface area (Å²) in [5.41, 5.74) is 1.41. The smallest absolute Gasteiger partial charge is 0.253 e. The molecule has 0 spiro atoms. The van der Waals surface area contributed by atoms with Gasteiger partial charge in [0.2, 0.25) is 15.9 Å². The first-order valence-electron chi connectivity index (χ1n) is 9.55. The van der Waals surface area contributed by atoms with Gasteiger partial charge in [0.15, 0.2) is 0 Å². The van der Waals surface area contributed by atoms with Crippen LogP contribution in [0.4, 0.5) is 5.69 Å². The molecule has 0 radical (unpaired) electrons. The molecule has 0 bridgehead atoms. The predicted octanol–water partition coefficient (Wildman–Crippen LogP) is 2.77. The Hall–Kier alpha value is -3.23. The summed E-state index contributed by atoms with van der Waals surface area (Å²) in [7, 11) is -3.82. The Kier molecular flexibility index (Phi) is 5.27. The average molecular weight is 423 g/mol. The largest absolute Gasteiger partial charge is 0.348 e. The highest BCUT2D eigenvalue weighted by Gasteiger charge is 2.30. The third-order valence-corrected chi connectivity index (χ3v) is 5.93. The zero-order valence-corrected chi connectivity index (χ0v) is 16.9. The molecule has 4 N–H and O–H groups in total. The number of benzene rings is 3. The van der Waals surface area contributed by atoms with E-state index in [-0.39, 0.29) is 29.2 Å². The number of nitrogens with two attached hydrogens (primary N) is 1. The number of primary sulfonamides is 1. The minimum Gasteiger partial charge on any atom is -0.348 e. The third kappa shape index (κ3) is 4.50. The molecule has 8 heteroatoms. The van der Waals surface area contributed by atoms with Gasteiger partial charge in [-0.25, -0.2) is 13.6 Å². The SMILES string of the molecule is NS(=O)(=O)c1cccc(CNC(=O)c2cc3ccccc3cc2NC(=O)C2CC2)c1. The van der Waals surface area contributed by atoms with Gasteiger partial charge in [-0.2, -0.15) is 0 Å². The number of amides is 2. The number of rotatable bonds is 6. The van der Waals surface area contributed by atoms with Crippen molar-refractivity contribution < 1.29 is 18.0 Å². The number of carbonyl (C=O) groups is 2. The van der Waals surface area contributed by atoms with Crippen molar-refractivity contribution >= 4 is 38.3 Å². The summed E-state index contributed by atoms with van der Waals surface area (Å²) >= 11 is 0. The lowest BCUT2D eigenvalue weighted by atomic mass is 10.0. The van der Waals surface area contributed by atoms with E-state index < -0.39 is 10.0 Å². The lowest BCUT2D eigenvalue weighted by molar-refractivity contribution is -0.117. The Labute approximate surface area is 174 Å². The van der Waals surface area contributed by atoms with Crippen LogP contribution in [-0.2, 0) is 21.4 Å². The first kappa shape index (κ1) is 20.1. The second-order valence-electron chi connectivity index (χ2n) is 7.38. The van der Waals surface area contributed by atoms with Gasteiger partial charge in [-0.15, -0.1) is 0 Å². The highest BCUT2D eigenvalue weighted by atomic mass is 32.2. The number of carbonyl (C=O) groups excluding carboxylic acids is 2. The summed E-state index contributed by atoms with van der Waals surface area (Å²) in [5, 5.41) is 12.6. The van der Waals surface area contributed by atoms with E-state index in [9.17, 15) is 18.0 Å². The molecule has 7 nitrogen and oxygen atoms in total. The normalized spacial score (nSPS) is 13.8. The van der Waals surface area contributed by atoms with Crippen LogP contribution in [0.1, 0.15) is 28.8 Å². The van der Waals surface area contributed by atoms with E-state index in [0.717, 1.165) is 23.6 Å². The van der Waals surface area contributed by atoms with Crippen LogP contribution in [0.5, 0.6) is 0 Å². The van der Waals surface area contributed by atoms with E-state index in [1.807, 2.05) is 24.3 Å². The molecule has 1 fully saturated rings. The Morgan fingerprint density at radius 3 is 2.33 bits per heavy atom. The van der Waals surface area contributed by atoms with E-state index in [2.05, 4.69) is 10.6 Å². The van der Waals surface area contributed by atoms with Crippen LogP contribution in [0.3, 0.4) is 0 Å². The molecule has 1 saturated carbocycles. The van der Waals surface area contributed by atoms with Crippen LogP contribution < -0.4 is 15.8 Å². The molecule has 0 aliphatic heterocycles.